The van der Waals surface area contributed by atoms with E-state index >= 15 is 0 Å². The summed E-state index contributed by atoms with van der Waals surface area (Å²) in [7, 11) is 0. The van der Waals surface area contributed by atoms with E-state index in [9.17, 15) is 0 Å². The minimum Gasteiger partial charge on any atom is -0.253 e. The standard InChI is InChI=1S/C14H19N3/c1-14(2,3)13-6-4-12(5-7-13)8-9-17-11-15-10-16-17/h4-7,10-11H,8-9H2,1-3H3. The van der Waals surface area contributed by atoms with E-state index in [2.05, 4.69) is 55.1 Å². The zero-order valence-electron chi connectivity index (χ0n) is 10.7. The van der Waals surface area contributed by atoms with Crippen molar-refractivity contribution < 1.29 is 0 Å². The second-order valence-corrected chi connectivity index (χ2v) is 5.36. The fourth-order valence-electron chi connectivity index (χ4n) is 1.76. The molecule has 1 aromatic carbocycles. The van der Waals surface area contributed by atoms with Gasteiger partial charge in [-0.1, -0.05) is 45.0 Å². The Hall–Kier alpha value is -1.64. The smallest absolute Gasteiger partial charge is 0.137 e. The fourth-order valence-corrected chi connectivity index (χ4v) is 1.76. The lowest BCUT2D eigenvalue weighted by atomic mass is 9.86. The first-order chi connectivity index (χ1) is 8.05. The zero-order chi connectivity index (χ0) is 12.3. The quantitative estimate of drug-likeness (QED) is 0.810. The molecule has 0 aliphatic heterocycles. The molecule has 2 aromatic rings. The Balaban J connectivity index is 1.99. The number of aromatic nitrogens is 3. The molecule has 17 heavy (non-hydrogen) atoms. The maximum Gasteiger partial charge on any atom is 0.137 e. The van der Waals surface area contributed by atoms with Gasteiger partial charge in [0.05, 0.1) is 0 Å². The van der Waals surface area contributed by atoms with Crippen molar-refractivity contribution in [2.24, 2.45) is 0 Å². The second-order valence-electron chi connectivity index (χ2n) is 5.36. The van der Waals surface area contributed by atoms with Crippen molar-refractivity contribution in [1.29, 1.82) is 0 Å². The van der Waals surface area contributed by atoms with Gasteiger partial charge in [-0.15, -0.1) is 0 Å². The van der Waals surface area contributed by atoms with Gasteiger partial charge in [-0.25, -0.2) is 4.98 Å². The number of rotatable bonds is 3. The summed E-state index contributed by atoms with van der Waals surface area (Å²) in [6.07, 6.45) is 4.32. The van der Waals surface area contributed by atoms with E-state index in [1.807, 2.05) is 4.68 Å². The Bertz CT molecular complexity index is 449. The summed E-state index contributed by atoms with van der Waals surface area (Å²) in [4.78, 5) is 3.93. The van der Waals surface area contributed by atoms with Gasteiger partial charge < -0.3 is 0 Å². The topological polar surface area (TPSA) is 30.7 Å². The van der Waals surface area contributed by atoms with Crippen LogP contribution in [0.25, 0.3) is 0 Å². The Morgan fingerprint density at radius 3 is 2.35 bits per heavy atom. The van der Waals surface area contributed by atoms with Gasteiger partial charge in [0.2, 0.25) is 0 Å². The zero-order valence-corrected chi connectivity index (χ0v) is 10.7. The average molecular weight is 229 g/mol. The van der Waals surface area contributed by atoms with Crippen molar-refractivity contribution in [3.63, 3.8) is 0 Å². The van der Waals surface area contributed by atoms with Crippen LogP contribution in [0.2, 0.25) is 0 Å². The highest BCUT2D eigenvalue weighted by atomic mass is 15.3. The molecule has 0 unspecified atom stereocenters. The summed E-state index contributed by atoms with van der Waals surface area (Å²) in [6.45, 7) is 7.58. The average Bonchev–Trinajstić information content (AvgIpc) is 2.78. The summed E-state index contributed by atoms with van der Waals surface area (Å²) < 4.78 is 1.86. The van der Waals surface area contributed by atoms with Crippen LogP contribution in [0.4, 0.5) is 0 Å². The van der Waals surface area contributed by atoms with E-state index in [0.717, 1.165) is 13.0 Å². The van der Waals surface area contributed by atoms with Crippen LogP contribution in [0.1, 0.15) is 31.9 Å². The molecule has 0 atom stereocenters. The third kappa shape index (κ3) is 3.16. The molecule has 3 heteroatoms. The van der Waals surface area contributed by atoms with Gasteiger partial charge in [0.25, 0.3) is 0 Å². The molecule has 2 rings (SSSR count). The molecule has 0 fully saturated rings. The largest absolute Gasteiger partial charge is 0.253 e. The molecule has 0 N–H and O–H groups in total. The predicted octanol–water partition coefficient (Wildman–Crippen LogP) is 2.82. The van der Waals surface area contributed by atoms with Crippen molar-refractivity contribution in [3.05, 3.63) is 48.0 Å². The van der Waals surface area contributed by atoms with Crippen LogP contribution < -0.4 is 0 Å². The minimum absolute atomic E-state index is 0.227. The van der Waals surface area contributed by atoms with Gasteiger partial charge in [0, 0.05) is 6.54 Å². The first-order valence-corrected chi connectivity index (χ1v) is 5.97. The molecule has 0 aliphatic rings. The van der Waals surface area contributed by atoms with Crippen molar-refractivity contribution in [1.82, 2.24) is 14.8 Å². The second kappa shape index (κ2) is 4.70. The lowest BCUT2D eigenvalue weighted by molar-refractivity contribution is 0.588. The lowest BCUT2D eigenvalue weighted by Crippen LogP contribution is -2.10. The monoisotopic (exact) mass is 229 g/mol. The molecular formula is C14H19N3. The first kappa shape index (κ1) is 11.8. The number of aryl methyl sites for hydroxylation is 2. The molecule has 3 nitrogen and oxygen atoms in total. The highest BCUT2D eigenvalue weighted by Gasteiger charge is 2.12. The molecule has 90 valence electrons. The van der Waals surface area contributed by atoms with Crippen LogP contribution in [0, 0.1) is 0 Å². The highest BCUT2D eigenvalue weighted by Crippen LogP contribution is 2.22. The maximum absolute atomic E-state index is 4.09. The molecule has 0 amide bonds. The maximum atomic E-state index is 4.09. The SMILES string of the molecule is CC(C)(C)c1ccc(CCn2cncn2)cc1. The van der Waals surface area contributed by atoms with Crippen molar-refractivity contribution in [3.8, 4) is 0 Å². The molecule has 0 spiro atoms. The van der Waals surface area contributed by atoms with Crippen LogP contribution in [-0.2, 0) is 18.4 Å². The van der Waals surface area contributed by atoms with Crippen LogP contribution in [0.5, 0.6) is 0 Å². The van der Waals surface area contributed by atoms with Crippen LogP contribution in [0.15, 0.2) is 36.9 Å². The van der Waals surface area contributed by atoms with Gasteiger partial charge in [-0.05, 0) is 23.0 Å². The Morgan fingerprint density at radius 1 is 1.12 bits per heavy atom. The van der Waals surface area contributed by atoms with E-state index < -0.39 is 0 Å². The van der Waals surface area contributed by atoms with Gasteiger partial charge in [0.15, 0.2) is 0 Å². The number of nitrogens with zero attached hydrogens (tertiary/aromatic N) is 3. The number of hydrogen-bond donors (Lipinski definition) is 0. The van der Waals surface area contributed by atoms with Crippen molar-refractivity contribution >= 4 is 0 Å². The molecule has 0 saturated carbocycles. The van der Waals surface area contributed by atoms with E-state index in [0.29, 0.717) is 0 Å². The van der Waals surface area contributed by atoms with Gasteiger partial charge in [-0.2, -0.15) is 5.10 Å². The van der Waals surface area contributed by atoms with Crippen molar-refractivity contribution in [2.75, 3.05) is 0 Å². The Morgan fingerprint density at radius 2 is 1.82 bits per heavy atom. The number of benzene rings is 1. The Labute approximate surface area is 103 Å². The normalized spacial score (nSPS) is 11.7. The molecule has 0 saturated heterocycles. The van der Waals surface area contributed by atoms with Gasteiger partial charge >= 0.3 is 0 Å². The van der Waals surface area contributed by atoms with Crippen molar-refractivity contribution in [2.45, 2.75) is 39.2 Å². The van der Waals surface area contributed by atoms with E-state index in [1.165, 1.54) is 11.1 Å². The third-order valence-corrected chi connectivity index (χ3v) is 2.92. The molecule has 1 heterocycles. The molecule has 0 bridgehead atoms. The number of hydrogen-bond acceptors (Lipinski definition) is 2. The molecular weight excluding hydrogens is 210 g/mol. The van der Waals surface area contributed by atoms with E-state index in [4.69, 9.17) is 0 Å². The molecule has 1 aromatic heterocycles. The third-order valence-electron chi connectivity index (χ3n) is 2.92. The fraction of sp³-hybridized carbons (Fsp3) is 0.429. The summed E-state index contributed by atoms with van der Waals surface area (Å²) >= 11 is 0. The van der Waals surface area contributed by atoms with Crippen LogP contribution in [0.3, 0.4) is 0 Å². The van der Waals surface area contributed by atoms with Crippen LogP contribution in [-0.4, -0.2) is 14.8 Å². The lowest BCUT2D eigenvalue weighted by Gasteiger charge is -2.19. The molecule has 0 aliphatic carbocycles. The first-order valence-electron chi connectivity index (χ1n) is 5.97. The predicted molar refractivity (Wildman–Crippen MR) is 68.9 cm³/mol. The van der Waals surface area contributed by atoms with E-state index in [1.54, 1.807) is 12.7 Å². The summed E-state index contributed by atoms with van der Waals surface area (Å²) in [5.74, 6) is 0. The minimum atomic E-state index is 0.227. The Kier molecular flexibility index (Phi) is 3.27. The summed E-state index contributed by atoms with van der Waals surface area (Å²) in [5, 5.41) is 4.09. The van der Waals surface area contributed by atoms with Gasteiger partial charge in [0.1, 0.15) is 12.7 Å². The van der Waals surface area contributed by atoms with E-state index in [-0.39, 0.29) is 5.41 Å². The van der Waals surface area contributed by atoms with Crippen LogP contribution >= 0.6 is 0 Å². The highest BCUT2D eigenvalue weighted by molar-refractivity contribution is 5.27. The summed E-state index contributed by atoms with van der Waals surface area (Å²) in [5.41, 5.74) is 2.94. The van der Waals surface area contributed by atoms with Gasteiger partial charge in [-0.3, -0.25) is 4.68 Å². The summed E-state index contributed by atoms with van der Waals surface area (Å²) in [6, 6.07) is 8.85. The molecule has 0 radical (unpaired) electrons.